The number of rotatable bonds is 7. The third kappa shape index (κ3) is 5.05. The second-order valence-electron chi connectivity index (χ2n) is 5.48. The van der Waals surface area contributed by atoms with E-state index in [1.165, 1.54) is 16.9 Å². The summed E-state index contributed by atoms with van der Waals surface area (Å²) in [6.07, 6.45) is 2.29. The minimum absolute atomic E-state index is 0.0642. The zero-order chi connectivity index (χ0) is 15.1. The van der Waals surface area contributed by atoms with Crippen LogP contribution in [0.2, 0.25) is 0 Å². The smallest absolute Gasteiger partial charge is 0.165 e. The molecule has 2 aromatic rings. The van der Waals surface area contributed by atoms with Crippen LogP contribution in [0.5, 0.6) is 0 Å². The molecule has 110 valence electrons. The average molecular weight is 298 g/mol. The lowest BCUT2D eigenvalue weighted by Gasteiger charge is -2.06. The molecule has 2 aromatic carbocycles. The summed E-state index contributed by atoms with van der Waals surface area (Å²) in [6.45, 7) is 3.88. The third-order valence-electron chi connectivity index (χ3n) is 3.38. The van der Waals surface area contributed by atoms with Crippen LogP contribution < -0.4 is 0 Å². The van der Waals surface area contributed by atoms with E-state index in [0.29, 0.717) is 0 Å². The molecular weight excluding hydrogens is 276 g/mol. The van der Waals surface area contributed by atoms with E-state index < -0.39 is 0 Å². The first-order valence-electron chi connectivity index (χ1n) is 7.48. The Balaban J connectivity index is 1.77. The molecule has 0 aromatic heterocycles. The van der Waals surface area contributed by atoms with E-state index in [-0.39, 0.29) is 11.7 Å². The standard InChI is InChI=1S/C19H22OS/c1-15(2)19(20)17-10-12-18(13-11-17)21-14-6-9-16-7-4-3-5-8-16/h3-5,7-8,10-13,15H,6,9,14H2,1-2H3. The molecule has 0 spiro atoms. The normalized spacial score (nSPS) is 10.8. The summed E-state index contributed by atoms with van der Waals surface area (Å²) in [5.74, 6) is 1.39. The van der Waals surface area contributed by atoms with Crippen LogP contribution in [0.25, 0.3) is 0 Å². The van der Waals surface area contributed by atoms with Crippen molar-refractivity contribution in [1.29, 1.82) is 0 Å². The molecule has 0 saturated heterocycles. The van der Waals surface area contributed by atoms with E-state index in [1.807, 2.05) is 37.7 Å². The van der Waals surface area contributed by atoms with Crippen LogP contribution in [-0.4, -0.2) is 11.5 Å². The van der Waals surface area contributed by atoms with Crippen LogP contribution in [0.3, 0.4) is 0 Å². The van der Waals surface area contributed by atoms with Gasteiger partial charge in [-0.2, -0.15) is 0 Å². The fraction of sp³-hybridized carbons (Fsp3) is 0.316. The maximum Gasteiger partial charge on any atom is 0.165 e. The van der Waals surface area contributed by atoms with Gasteiger partial charge in [0.15, 0.2) is 5.78 Å². The van der Waals surface area contributed by atoms with Crippen LogP contribution in [0, 0.1) is 5.92 Å². The van der Waals surface area contributed by atoms with Crippen molar-refractivity contribution in [3.63, 3.8) is 0 Å². The molecule has 0 heterocycles. The van der Waals surface area contributed by atoms with Crippen molar-refractivity contribution in [2.45, 2.75) is 31.6 Å². The number of carbonyl (C=O) groups is 1. The Labute approximate surface area is 131 Å². The summed E-state index contributed by atoms with van der Waals surface area (Å²) in [4.78, 5) is 13.1. The van der Waals surface area contributed by atoms with Crippen LogP contribution in [-0.2, 0) is 6.42 Å². The summed E-state index contributed by atoms with van der Waals surface area (Å²) < 4.78 is 0. The molecule has 0 aliphatic carbocycles. The zero-order valence-corrected chi connectivity index (χ0v) is 13.5. The van der Waals surface area contributed by atoms with Gasteiger partial charge in [0.05, 0.1) is 0 Å². The van der Waals surface area contributed by atoms with Crippen LogP contribution >= 0.6 is 11.8 Å². The van der Waals surface area contributed by atoms with Crippen molar-refractivity contribution < 1.29 is 4.79 Å². The highest BCUT2D eigenvalue weighted by Gasteiger charge is 2.09. The van der Waals surface area contributed by atoms with Crippen molar-refractivity contribution in [3.8, 4) is 0 Å². The van der Waals surface area contributed by atoms with Gasteiger partial charge in [-0.1, -0.05) is 56.3 Å². The highest BCUT2D eigenvalue weighted by atomic mass is 32.2. The first-order valence-corrected chi connectivity index (χ1v) is 8.46. The Morgan fingerprint density at radius 2 is 1.67 bits per heavy atom. The zero-order valence-electron chi connectivity index (χ0n) is 12.7. The van der Waals surface area contributed by atoms with Gasteiger partial charge in [0, 0.05) is 16.4 Å². The minimum Gasteiger partial charge on any atom is -0.294 e. The highest BCUT2D eigenvalue weighted by Crippen LogP contribution is 2.21. The van der Waals surface area contributed by atoms with E-state index >= 15 is 0 Å². The molecule has 0 N–H and O–H groups in total. The molecule has 0 atom stereocenters. The fourth-order valence-electron chi connectivity index (χ4n) is 2.16. The van der Waals surface area contributed by atoms with Gasteiger partial charge < -0.3 is 0 Å². The number of carbonyl (C=O) groups excluding carboxylic acids is 1. The Bertz CT molecular complexity index is 558. The van der Waals surface area contributed by atoms with E-state index in [9.17, 15) is 4.79 Å². The van der Waals surface area contributed by atoms with Crippen molar-refractivity contribution in [2.24, 2.45) is 5.92 Å². The number of hydrogen-bond donors (Lipinski definition) is 0. The summed E-state index contributed by atoms with van der Waals surface area (Å²) in [5, 5.41) is 0. The Hall–Kier alpha value is -1.54. The Morgan fingerprint density at radius 3 is 2.29 bits per heavy atom. The number of benzene rings is 2. The SMILES string of the molecule is CC(C)C(=O)c1ccc(SCCCc2ccccc2)cc1. The average Bonchev–Trinajstić information content (AvgIpc) is 2.52. The van der Waals surface area contributed by atoms with Crippen LogP contribution in [0.15, 0.2) is 59.5 Å². The van der Waals surface area contributed by atoms with Gasteiger partial charge in [-0.25, -0.2) is 0 Å². The van der Waals surface area contributed by atoms with E-state index in [2.05, 4.69) is 42.5 Å². The monoisotopic (exact) mass is 298 g/mol. The maximum absolute atomic E-state index is 11.9. The molecule has 0 aliphatic rings. The Morgan fingerprint density at radius 1 is 1.00 bits per heavy atom. The van der Waals surface area contributed by atoms with Gasteiger partial charge in [-0.15, -0.1) is 11.8 Å². The lowest BCUT2D eigenvalue weighted by atomic mass is 10.0. The number of Topliss-reactive ketones (excluding diaryl/α,β-unsaturated/α-hetero) is 1. The third-order valence-corrected chi connectivity index (χ3v) is 4.48. The van der Waals surface area contributed by atoms with Gasteiger partial charge in [0.2, 0.25) is 0 Å². The van der Waals surface area contributed by atoms with Crippen LogP contribution in [0.1, 0.15) is 36.2 Å². The number of aryl methyl sites for hydroxylation is 1. The molecule has 2 heteroatoms. The van der Waals surface area contributed by atoms with Crippen molar-refractivity contribution in [1.82, 2.24) is 0 Å². The van der Waals surface area contributed by atoms with Crippen LogP contribution in [0.4, 0.5) is 0 Å². The number of ketones is 1. The van der Waals surface area contributed by atoms with Gasteiger partial charge >= 0.3 is 0 Å². The largest absolute Gasteiger partial charge is 0.294 e. The predicted molar refractivity (Wildman–Crippen MR) is 91.1 cm³/mol. The first kappa shape index (κ1) is 15.8. The summed E-state index contributed by atoms with van der Waals surface area (Å²) in [5.41, 5.74) is 2.22. The van der Waals surface area contributed by atoms with Gasteiger partial charge in [-0.3, -0.25) is 4.79 Å². The molecular formula is C19H22OS. The summed E-state index contributed by atoms with van der Waals surface area (Å²) in [7, 11) is 0. The predicted octanol–water partition coefficient (Wildman–Crippen LogP) is 5.25. The molecule has 1 nitrogen and oxygen atoms in total. The summed E-state index contributed by atoms with van der Waals surface area (Å²) >= 11 is 1.86. The summed E-state index contributed by atoms with van der Waals surface area (Å²) in [6, 6.07) is 18.6. The first-order chi connectivity index (χ1) is 10.2. The topological polar surface area (TPSA) is 17.1 Å². The molecule has 0 fully saturated rings. The highest BCUT2D eigenvalue weighted by molar-refractivity contribution is 7.99. The minimum atomic E-state index is 0.0642. The second-order valence-corrected chi connectivity index (χ2v) is 6.65. The quantitative estimate of drug-likeness (QED) is 0.394. The molecule has 21 heavy (non-hydrogen) atoms. The molecule has 2 rings (SSSR count). The van der Waals surface area contributed by atoms with E-state index in [0.717, 1.165) is 17.7 Å². The molecule has 0 aliphatic heterocycles. The number of thioether (sulfide) groups is 1. The van der Waals surface area contributed by atoms with Crippen molar-refractivity contribution in [2.75, 3.05) is 5.75 Å². The lowest BCUT2D eigenvalue weighted by molar-refractivity contribution is 0.0939. The molecule has 0 saturated carbocycles. The van der Waals surface area contributed by atoms with Gasteiger partial charge in [0.1, 0.15) is 0 Å². The lowest BCUT2D eigenvalue weighted by Crippen LogP contribution is -2.06. The number of hydrogen-bond acceptors (Lipinski definition) is 2. The van der Waals surface area contributed by atoms with E-state index in [4.69, 9.17) is 0 Å². The van der Waals surface area contributed by atoms with Gasteiger partial charge in [-0.05, 0) is 36.3 Å². The molecule has 0 bridgehead atoms. The van der Waals surface area contributed by atoms with Crippen molar-refractivity contribution in [3.05, 3.63) is 65.7 Å². The second kappa shape index (κ2) is 8.04. The maximum atomic E-state index is 11.9. The molecule has 0 unspecified atom stereocenters. The molecule has 0 amide bonds. The molecule has 0 radical (unpaired) electrons. The van der Waals surface area contributed by atoms with Gasteiger partial charge in [0.25, 0.3) is 0 Å². The van der Waals surface area contributed by atoms with Crippen molar-refractivity contribution >= 4 is 17.5 Å². The fourth-order valence-corrected chi connectivity index (χ4v) is 3.01. The Kier molecular flexibility index (Phi) is 6.06. The van der Waals surface area contributed by atoms with E-state index in [1.54, 1.807) is 0 Å².